The summed E-state index contributed by atoms with van der Waals surface area (Å²) in [5, 5.41) is 30.1. The van der Waals surface area contributed by atoms with E-state index in [0.29, 0.717) is 5.52 Å². The van der Waals surface area contributed by atoms with Crippen LogP contribution < -0.4 is 11.5 Å². The van der Waals surface area contributed by atoms with Crippen LogP contribution in [-0.2, 0) is 10.5 Å². The lowest BCUT2D eigenvalue weighted by atomic mass is 9.95. The number of anilines is 1. The molecule has 0 spiro atoms. The molecule has 0 aromatic carbocycles. The Bertz CT molecular complexity index is 736. The highest BCUT2D eigenvalue weighted by Gasteiger charge is 2.58. The smallest absolute Gasteiger partial charge is 0.195 e. The number of fused-ring (bicyclic) bond motifs is 1. The molecule has 2 aromatic rings. The van der Waals surface area contributed by atoms with Crippen molar-refractivity contribution in [1.82, 2.24) is 19.5 Å². The van der Waals surface area contributed by atoms with Gasteiger partial charge >= 0.3 is 0 Å². The van der Waals surface area contributed by atoms with Gasteiger partial charge < -0.3 is 31.5 Å². The van der Waals surface area contributed by atoms with Crippen LogP contribution in [-0.4, -0.2) is 65.8 Å². The van der Waals surface area contributed by atoms with Gasteiger partial charge in [-0.3, -0.25) is 4.57 Å². The summed E-state index contributed by atoms with van der Waals surface area (Å²) in [6, 6.07) is -0.919. The molecule has 0 bridgehead atoms. The largest absolute Gasteiger partial charge is 0.394 e. The van der Waals surface area contributed by atoms with Gasteiger partial charge in [0.05, 0.1) is 19.0 Å². The lowest BCUT2D eigenvalue weighted by molar-refractivity contribution is -0.152. The van der Waals surface area contributed by atoms with Crippen LogP contribution in [0.2, 0.25) is 0 Å². The Morgan fingerprint density at radius 1 is 1.43 bits per heavy atom. The van der Waals surface area contributed by atoms with Gasteiger partial charge in [0.2, 0.25) is 0 Å². The number of nitrogens with two attached hydrogens (primary N) is 2. The lowest BCUT2D eigenvalue weighted by Gasteiger charge is -2.37. The van der Waals surface area contributed by atoms with Crippen molar-refractivity contribution in [3.63, 3.8) is 0 Å². The topological polar surface area (TPSA) is 166 Å². The minimum absolute atomic E-state index is 0.155. The van der Waals surface area contributed by atoms with E-state index in [1.807, 2.05) is 0 Å². The summed E-state index contributed by atoms with van der Waals surface area (Å²) >= 11 is 0. The standard InChI is InChI=1S/C13H18N6O4/c1-2-7(14)13(10(22)9(21)6(3-20)23-13)19-5-18-8-11(15)16-4-17-12(8)19/h2,4-7,9-10,20-22H,1,3,14H2,(H2,15,16,17)/t6-,7?,9-,10-,13-/m1/s1. The second kappa shape index (κ2) is 5.51. The third-order valence-electron chi connectivity index (χ3n) is 4.12. The van der Waals surface area contributed by atoms with E-state index in [-0.39, 0.29) is 11.5 Å². The zero-order chi connectivity index (χ0) is 16.8. The fraction of sp³-hybridized carbons (Fsp3) is 0.462. The molecule has 0 radical (unpaired) electrons. The fourth-order valence-electron chi connectivity index (χ4n) is 2.89. The Balaban J connectivity index is 2.24. The quantitative estimate of drug-likeness (QED) is 0.389. The molecular weight excluding hydrogens is 304 g/mol. The van der Waals surface area contributed by atoms with Crippen LogP contribution in [0.5, 0.6) is 0 Å². The molecular formula is C13H18N6O4. The van der Waals surface area contributed by atoms with E-state index in [1.54, 1.807) is 0 Å². The van der Waals surface area contributed by atoms with Gasteiger partial charge in [0.25, 0.3) is 0 Å². The Morgan fingerprint density at radius 3 is 2.78 bits per heavy atom. The molecule has 10 nitrogen and oxygen atoms in total. The van der Waals surface area contributed by atoms with Crippen molar-refractivity contribution >= 4 is 17.0 Å². The molecule has 0 saturated carbocycles. The number of aromatic nitrogens is 4. The van der Waals surface area contributed by atoms with Crippen molar-refractivity contribution in [2.75, 3.05) is 12.3 Å². The van der Waals surface area contributed by atoms with E-state index >= 15 is 0 Å². The van der Waals surface area contributed by atoms with E-state index in [9.17, 15) is 15.3 Å². The lowest BCUT2D eigenvalue weighted by Crippen LogP contribution is -2.56. The molecule has 3 rings (SSSR count). The number of nitrogens with zero attached hydrogens (tertiary/aromatic N) is 4. The first-order valence-corrected chi connectivity index (χ1v) is 6.94. The van der Waals surface area contributed by atoms with Gasteiger partial charge in [0.15, 0.2) is 17.2 Å². The van der Waals surface area contributed by atoms with Gasteiger partial charge in [0.1, 0.15) is 30.2 Å². The molecule has 1 fully saturated rings. The number of aliphatic hydroxyl groups excluding tert-OH is 3. The van der Waals surface area contributed by atoms with E-state index < -0.39 is 36.7 Å². The number of hydrogen-bond acceptors (Lipinski definition) is 9. The van der Waals surface area contributed by atoms with Crippen molar-refractivity contribution in [2.24, 2.45) is 5.73 Å². The molecule has 0 amide bonds. The fourth-order valence-corrected chi connectivity index (χ4v) is 2.89. The Labute approximate surface area is 131 Å². The molecule has 7 N–H and O–H groups in total. The molecule has 1 saturated heterocycles. The molecule has 2 aromatic heterocycles. The van der Waals surface area contributed by atoms with Crippen LogP contribution in [0.3, 0.4) is 0 Å². The van der Waals surface area contributed by atoms with E-state index in [1.165, 1.54) is 23.3 Å². The number of rotatable bonds is 4. The van der Waals surface area contributed by atoms with Gasteiger partial charge in [-0.1, -0.05) is 6.08 Å². The minimum atomic E-state index is -1.63. The summed E-state index contributed by atoms with van der Waals surface area (Å²) < 4.78 is 7.13. The predicted molar refractivity (Wildman–Crippen MR) is 79.9 cm³/mol. The molecule has 5 atom stereocenters. The molecule has 0 aliphatic carbocycles. The average molecular weight is 322 g/mol. The summed E-state index contributed by atoms with van der Waals surface area (Å²) in [5.41, 5.74) is 10.8. The predicted octanol–water partition coefficient (Wildman–Crippen LogP) is -2.31. The SMILES string of the molecule is C=CC(N)[C@@]1(n2cnc3c(N)ncnc32)O[C@H](CO)[C@@H](O)[C@H]1O. The molecule has 1 aliphatic heterocycles. The van der Waals surface area contributed by atoms with Crippen molar-refractivity contribution in [1.29, 1.82) is 0 Å². The van der Waals surface area contributed by atoms with Gasteiger partial charge in [-0.25, -0.2) is 15.0 Å². The molecule has 3 heterocycles. The monoisotopic (exact) mass is 322 g/mol. The second-order valence-electron chi connectivity index (χ2n) is 5.33. The average Bonchev–Trinajstić information content (AvgIpc) is 3.09. The first-order valence-electron chi connectivity index (χ1n) is 6.94. The summed E-state index contributed by atoms with van der Waals surface area (Å²) in [4.78, 5) is 12.1. The first kappa shape index (κ1) is 15.8. The van der Waals surface area contributed by atoms with Crippen LogP contribution >= 0.6 is 0 Å². The number of hydrogen-bond donors (Lipinski definition) is 5. The van der Waals surface area contributed by atoms with Crippen molar-refractivity contribution in [3.8, 4) is 0 Å². The number of ether oxygens (including phenoxy) is 1. The van der Waals surface area contributed by atoms with Crippen LogP contribution in [0.25, 0.3) is 11.2 Å². The van der Waals surface area contributed by atoms with Gasteiger partial charge in [-0.05, 0) is 0 Å². The highest BCUT2D eigenvalue weighted by atomic mass is 16.6. The number of nitrogen functional groups attached to an aromatic ring is 1. The van der Waals surface area contributed by atoms with Crippen LogP contribution in [0, 0.1) is 0 Å². The molecule has 23 heavy (non-hydrogen) atoms. The zero-order valence-electron chi connectivity index (χ0n) is 12.1. The first-order chi connectivity index (χ1) is 11.0. The van der Waals surface area contributed by atoms with Crippen LogP contribution in [0.15, 0.2) is 25.3 Å². The number of aliphatic hydroxyl groups is 3. The van der Waals surface area contributed by atoms with E-state index in [4.69, 9.17) is 16.2 Å². The second-order valence-corrected chi connectivity index (χ2v) is 5.33. The molecule has 1 aliphatic rings. The number of imidazole rings is 1. The third kappa shape index (κ3) is 2.04. The molecule has 1 unspecified atom stereocenters. The Morgan fingerprint density at radius 2 is 2.17 bits per heavy atom. The maximum atomic E-state index is 10.6. The normalized spacial score (nSPS) is 32.3. The highest BCUT2D eigenvalue weighted by molar-refractivity contribution is 5.81. The molecule has 124 valence electrons. The van der Waals surface area contributed by atoms with Crippen LogP contribution in [0.1, 0.15) is 0 Å². The van der Waals surface area contributed by atoms with Crippen molar-refractivity contribution in [3.05, 3.63) is 25.3 Å². The highest BCUT2D eigenvalue weighted by Crippen LogP contribution is 2.40. The Kier molecular flexibility index (Phi) is 3.78. The van der Waals surface area contributed by atoms with Gasteiger partial charge in [-0.15, -0.1) is 6.58 Å². The molecule has 10 heteroatoms. The third-order valence-corrected chi connectivity index (χ3v) is 4.12. The van der Waals surface area contributed by atoms with Gasteiger partial charge in [-0.2, -0.15) is 0 Å². The van der Waals surface area contributed by atoms with E-state index in [0.717, 1.165) is 0 Å². The summed E-state index contributed by atoms with van der Waals surface area (Å²) in [6.45, 7) is 3.12. The van der Waals surface area contributed by atoms with Gasteiger partial charge in [0, 0.05) is 0 Å². The van der Waals surface area contributed by atoms with E-state index in [2.05, 4.69) is 21.5 Å². The van der Waals surface area contributed by atoms with Crippen LogP contribution in [0.4, 0.5) is 5.82 Å². The minimum Gasteiger partial charge on any atom is -0.394 e. The summed E-state index contributed by atoms with van der Waals surface area (Å²) in [6.07, 6.45) is 0.141. The summed E-state index contributed by atoms with van der Waals surface area (Å²) in [5.74, 6) is 0.155. The Hall–Kier alpha value is -2.11. The maximum absolute atomic E-state index is 10.6. The van der Waals surface area contributed by atoms with Crippen molar-refractivity contribution in [2.45, 2.75) is 30.1 Å². The zero-order valence-corrected chi connectivity index (χ0v) is 12.1. The van der Waals surface area contributed by atoms with Crippen molar-refractivity contribution < 1.29 is 20.1 Å². The maximum Gasteiger partial charge on any atom is 0.195 e. The summed E-state index contributed by atoms with van der Waals surface area (Å²) in [7, 11) is 0.